The molecule has 2 heterocycles. The second kappa shape index (κ2) is 8.64. The van der Waals surface area contributed by atoms with Crippen molar-refractivity contribution in [2.24, 2.45) is 0 Å². The highest BCUT2D eigenvalue weighted by molar-refractivity contribution is 7.99. The number of rotatable bonds is 5. The summed E-state index contributed by atoms with van der Waals surface area (Å²) in [5, 5.41) is 4.62. The molecule has 1 N–H and O–H groups in total. The van der Waals surface area contributed by atoms with E-state index in [-0.39, 0.29) is 11.7 Å². The van der Waals surface area contributed by atoms with E-state index in [9.17, 15) is 4.79 Å². The first-order valence-corrected chi connectivity index (χ1v) is 10.9. The van der Waals surface area contributed by atoms with E-state index in [1.807, 2.05) is 12.1 Å². The third-order valence-electron chi connectivity index (χ3n) is 4.59. The molecule has 5 nitrogen and oxygen atoms in total. The van der Waals surface area contributed by atoms with E-state index in [0.29, 0.717) is 26.4 Å². The molecule has 0 radical (unpaired) electrons. The van der Waals surface area contributed by atoms with E-state index in [1.54, 1.807) is 24.3 Å². The number of thioether (sulfide) groups is 1. The molecule has 2 aromatic carbocycles. The number of carbonyl (C=O) groups excluding carboxylic acids is 1. The highest BCUT2D eigenvalue weighted by atomic mass is 35.5. The first kappa shape index (κ1) is 19.4. The SMILES string of the molecule is O=C(CSc1nc2cc(Cl)ccc2o1)Nc1cc(Cl)ccc1N1CCCCC1. The number of hydrogen-bond acceptors (Lipinski definition) is 5. The van der Waals surface area contributed by atoms with Crippen LogP contribution in [0.3, 0.4) is 0 Å². The van der Waals surface area contributed by atoms with Gasteiger partial charge in [0.05, 0.1) is 17.1 Å². The Kier molecular flexibility index (Phi) is 5.99. The average molecular weight is 436 g/mol. The largest absolute Gasteiger partial charge is 0.431 e. The van der Waals surface area contributed by atoms with Crippen LogP contribution in [0.5, 0.6) is 0 Å². The highest BCUT2D eigenvalue weighted by Gasteiger charge is 2.17. The Hall–Kier alpha value is -1.89. The number of nitrogens with one attached hydrogen (secondary N) is 1. The Morgan fingerprint density at radius 2 is 1.86 bits per heavy atom. The molecule has 1 aromatic heterocycles. The zero-order chi connectivity index (χ0) is 19.5. The van der Waals surface area contributed by atoms with Gasteiger partial charge in [0.1, 0.15) is 5.52 Å². The monoisotopic (exact) mass is 435 g/mol. The molecule has 0 bridgehead atoms. The summed E-state index contributed by atoms with van der Waals surface area (Å²) >= 11 is 13.4. The van der Waals surface area contributed by atoms with Crippen molar-refractivity contribution in [3.8, 4) is 0 Å². The summed E-state index contributed by atoms with van der Waals surface area (Å²) in [6, 6.07) is 10.9. The van der Waals surface area contributed by atoms with Crippen LogP contribution in [0.1, 0.15) is 19.3 Å². The van der Waals surface area contributed by atoms with Crippen LogP contribution in [0.2, 0.25) is 10.0 Å². The van der Waals surface area contributed by atoms with Crippen LogP contribution in [0.15, 0.2) is 46.0 Å². The predicted molar refractivity (Wildman–Crippen MR) is 116 cm³/mol. The van der Waals surface area contributed by atoms with Gasteiger partial charge >= 0.3 is 0 Å². The summed E-state index contributed by atoms with van der Waals surface area (Å²) in [4.78, 5) is 19.2. The minimum absolute atomic E-state index is 0.134. The third kappa shape index (κ3) is 4.57. The molecule has 8 heteroatoms. The van der Waals surface area contributed by atoms with Gasteiger partial charge in [0.25, 0.3) is 5.22 Å². The van der Waals surface area contributed by atoms with Crippen molar-refractivity contribution in [2.75, 3.05) is 29.1 Å². The molecule has 0 saturated carbocycles. The molecule has 0 spiro atoms. The van der Waals surface area contributed by atoms with Crippen LogP contribution < -0.4 is 10.2 Å². The lowest BCUT2D eigenvalue weighted by molar-refractivity contribution is -0.113. The smallest absolute Gasteiger partial charge is 0.257 e. The number of aromatic nitrogens is 1. The third-order valence-corrected chi connectivity index (χ3v) is 5.88. The van der Waals surface area contributed by atoms with E-state index < -0.39 is 0 Å². The predicted octanol–water partition coefficient (Wildman–Crippen LogP) is 5.86. The fraction of sp³-hybridized carbons (Fsp3) is 0.300. The number of piperidine rings is 1. The number of amides is 1. The fourth-order valence-corrected chi connectivity index (χ4v) is 4.25. The molecular formula is C20H19Cl2N3O2S. The maximum absolute atomic E-state index is 12.5. The molecule has 146 valence electrons. The van der Waals surface area contributed by atoms with Crippen LogP contribution in [-0.2, 0) is 4.79 Å². The van der Waals surface area contributed by atoms with Gasteiger partial charge in [0, 0.05) is 23.1 Å². The van der Waals surface area contributed by atoms with Crippen molar-refractivity contribution in [2.45, 2.75) is 24.5 Å². The Labute approximate surface area is 177 Å². The number of halogens is 2. The van der Waals surface area contributed by atoms with Crippen molar-refractivity contribution in [3.63, 3.8) is 0 Å². The van der Waals surface area contributed by atoms with E-state index in [0.717, 1.165) is 37.3 Å². The zero-order valence-corrected chi connectivity index (χ0v) is 17.4. The molecule has 0 unspecified atom stereocenters. The number of nitrogens with zero attached hydrogens (tertiary/aromatic N) is 2. The van der Waals surface area contributed by atoms with E-state index in [2.05, 4.69) is 15.2 Å². The van der Waals surface area contributed by atoms with Crippen LogP contribution in [0.25, 0.3) is 11.1 Å². The number of hydrogen-bond donors (Lipinski definition) is 1. The second-order valence-electron chi connectivity index (χ2n) is 6.64. The van der Waals surface area contributed by atoms with Gasteiger partial charge in [0.2, 0.25) is 5.91 Å². The minimum atomic E-state index is -0.134. The van der Waals surface area contributed by atoms with Crippen LogP contribution in [0, 0.1) is 0 Å². The molecule has 0 aliphatic carbocycles. The lowest BCUT2D eigenvalue weighted by Gasteiger charge is -2.30. The second-order valence-corrected chi connectivity index (χ2v) is 8.44. The number of carbonyl (C=O) groups is 1. The summed E-state index contributed by atoms with van der Waals surface area (Å²) in [5.41, 5.74) is 3.08. The summed E-state index contributed by atoms with van der Waals surface area (Å²) < 4.78 is 5.65. The quantitative estimate of drug-likeness (QED) is 0.508. The number of anilines is 2. The molecule has 1 aliphatic heterocycles. The van der Waals surface area contributed by atoms with Crippen LogP contribution in [0.4, 0.5) is 11.4 Å². The minimum Gasteiger partial charge on any atom is -0.431 e. The Morgan fingerprint density at radius 3 is 2.68 bits per heavy atom. The highest BCUT2D eigenvalue weighted by Crippen LogP contribution is 2.32. The van der Waals surface area contributed by atoms with Gasteiger partial charge in [0.15, 0.2) is 5.58 Å². The normalized spacial score (nSPS) is 14.4. The van der Waals surface area contributed by atoms with Crippen molar-refractivity contribution in [3.05, 3.63) is 46.4 Å². The zero-order valence-electron chi connectivity index (χ0n) is 15.1. The Balaban J connectivity index is 1.43. The fourth-order valence-electron chi connectivity index (χ4n) is 3.27. The molecule has 1 amide bonds. The lowest BCUT2D eigenvalue weighted by Crippen LogP contribution is -2.30. The topological polar surface area (TPSA) is 58.4 Å². The molecule has 4 rings (SSSR count). The van der Waals surface area contributed by atoms with Crippen LogP contribution >= 0.6 is 35.0 Å². The van der Waals surface area contributed by atoms with Gasteiger partial charge < -0.3 is 14.6 Å². The summed E-state index contributed by atoms with van der Waals surface area (Å²) in [6.45, 7) is 1.98. The number of oxazole rings is 1. The molecule has 1 fully saturated rings. The number of fused-ring (bicyclic) bond motifs is 1. The Bertz CT molecular complexity index is 1000. The van der Waals surface area contributed by atoms with Crippen molar-refractivity contribution < 1.29 is 9.21 Å². The van der Waals surface area contributed by atoms with Crippen molar-refractivity contribution in [1.29, 1.82) is 0 Å². The van der Waals surface area contributed by atoms with Gasteiger partial charge in [-0.1, -0.05) is 35.0 Å². The van der Waals surface area contributed by atoms with Gasteiger partial charge in [-0.05, 0) is 55.7 Å². The summed E-state index contributed by atoms with van der Waals surface area (Å²) in [6.07, 6.45) is 3.57. The van der Waals surface area contributed by atoms with Gasteiger partial charge in [-0.25, -0.2) is 4.98 Å². The first-order valence-electron chi connectivity index (χ1n) is 9.12. The molecule has 1 saturated heterocycles. The van der Waals surface area contributed by atoms with Gasteiger partial charge in [-0.15, -0.1) is 0 Å². The maximum atomic E-state index is 12.5. The molecule has 28 heavy (non-hydrogen) atoms. The van der Waals surface area contributed by atoms with E-state index in [1.165, 1.54) is 18.2 Å². The van der Waals surface area contributed by atoms with Gasteiger partial charge in [-0.2, -0.15) is 0 Å². The lowest BCUT2D eigenvalue weighted by atomic mass is 10.1. The van der Waals surface area contributed by atoms with Gasteiger partial charge in [-0.3, -0.25) is 4.79 Å². The van der Waals surface area contributed by atoms with Crippen LogP contribution in [-0.4, -0.2) is 29.7 Å². The molecular weight excluding hydrogens is 417 g/mol. The van der Waals surface area contributed by atoms with E-state index in [4.69, 9.17) is 27.6 Å². The Morgan fingerprint density at radius 1 is 1.11 bits per heavy atom. The van der Waals surface area contributed by atoms with Crippen molar-refractivity contribution in [1.82, 2.24) is 4.98 Å². The maximum Gasteiger partial charge on any atom is 0.257 e. The average Bonchev–Trinajstić information content (AvgIpc) is 3.09. The first-order chi connectivity index (χ1) is 13.6. The molecule has 3 aromatic rings. The summed E-state index contributed by atoms with van der Waals surface area (Å²) in [7, 11) is 0. The van der Waals surface area contributed by atoms with Crippen molar-refractivity contribution >= 4 is 63.3 Å². The standard InChI is InChI=1S/C20H19Cl2N3O2S/c21-13-4-6-17(25-8-2-1-3-9-25)15(10-13)23-19(26)12-28-20-24-16-11-14(22)5-7-18(16)27-20/h4-7,10-11H,1-3,8-9,12H2,(H,23,26). The van der Waals surface area contributed by atoms with E-state index >= 15 is 0 Å². The molecule has 0 atom stereocenters. The number of benzene rings is 2. The summed E-state index contributed by atoms with van der Waals surface area (Å²) in [5.74, 6) is 0.0535. The molecule has 1 aliphatic rings.